The van der Waals surface area contributed by atoms with Crippen LogP contribution in [0.5, 0.6) is 0 Å². The average Bonchev–Trinajstić information content (AvgIpc) is 2.46. The third kappa shape index (κ3) is 2.23. The van der Waals surface area contributed by atoms with Gasteiger partial charge in [0, 0.05) is 0 Å². The fraction of sp³-hybridized carbons (Fsp3) is 0.263. The first-order chi connectivity index (χ1) is 9.31. The Morgan fingerprint density at radius 3 is 1.89 bits per heavy atom. The predicted octanol–water partition coefficient (Wildman–Crippen LogP) is 5.90. The van der Waals surface area contributed by atoms with Gasteiger partial charge in [-0.05, 0) is 58.0 Å². The fourth-order valence-electron chi connectivity index (χ4n) is 2.97. The van der Waals surface area contributed by atoms with E-state index < -0.39 is 0 Å². The minimum Gasteiger partial charge on any atom is -0.0648 e. The van der Waals surface area contributed by atoms with Gasteiger partial charge >= 0.3 is 0 Å². The Hall–Kier alpha value is -1.82. The van der Waals surface area contributed by atoms with Gasteiger partial charge in [-0.1, -0.05) is 56.3 Å². The molecule has 0 aliphatic carbocycles. The second kappa shape index (κ2) is 5.05. The Kier molecular flexibility index (Phi) is 3.25. The quantitative estimate of drug-likeness (QED) is 0.506. The number of fused-ring (bicyclic) bond motifs is 2. The van der Waals surface area contributed by atoms with Crippen molar-refractivity contribution in [3.05, 3.63) is 60.2 Å². The van der Waals surface area contributed by atoms with Crippen LogP contribution < -0.4 is 0 Å². The van der Waals surface area contributed by atoms with E-state index in [4.69, 9.17) is 0 Å². The van der Waals surface area contributed by atoms with Crippen molar-refractivity contribution in [2.24, 2.45) is 0 Å². The van der Waals surface area contributed by atoms with E-state index in [9.17, 15) is 0 Å². The standard InChI is InChI=1S/C19H20/c1-3-14(4-2)17-9-10-18-11-15-7-5-6-8-16(15)12-19(18)13-17/h5-14H,3-4H2,1-2H3. The van der Waals surface area contributed by atoms with Crippen molar-refractivity contribution < 1.29 is 0 Å². The summed E-state index contributed by atoms with van der Waals surface area (Å²) in [4.78, 5) is 0. The van der Waals surface area contributed by atoms with Gasteiger partial charge in [-0.15, -0.1) is 0 Å². The molecule has 0 atom stereocenters. The highest BCUT2D eigenvalue weighted by atomic mass is 14.1. The van der Waals surface area contributed by atoms with Crippen molar-refractivity contribution in [2.75, 3.05) is 0 Å². The number of hydrogen-bond donors (Lipinski definition) is 0. The largest absolute Gasteiger partial charge is 0.0648 e. The third-order valence-corrected chi connectivity index (χ3v) is 4.19. The van der Waals surface area contributed by atoms with Crippen LogP contribution >= 0.6 is 0 Å². The Morgan fingerprint density at radius 1 is 0.684 bits per heavy atom. The summed E-state index contributed by atoms with van der Waals surface area (Å²) in [5, 5.41) is 5.36. The van der Waals surface area contributed by atoms with E-state index in [1.54, 1.807) is 0 Å². The summed E-state index contributed by atoms with van der Waals surface area (Å²) < 4.78 is 0. The summed E-state index contributed by atoms with van der Waals surface area (Å²) >= 11 is 0. The molecule has 0 N–H and O–H groups in total. The lowest BCUT2D eigenvalue weighted by molar-refractivity contribution is 0.643. The summed E-state index contributed by atoms with van der Waals surface area (Å²) in [6.45, 7) is 4.55. The lowest BCUT2D eigenvalue weighted by Crippen LogP contribution is -1.94. The number of hydrogen-bond acceptors (Lipinski definition) is 0. The minimum absolute atomic E-state index is 0.691. The molecule has 0 bridgehead atoms. The molecule has 0 saturated heterocycles. The highest BCUT2D eigenvalue weighted by Gasteiger charge is 2.07. The van der Waals surface area contributed by atoms with Gasteiger partial charge in [0.25, 0.3) is 0 Å². The summed E-state index contributed by atoms with van der Waals surface area (Å²) in [6, 6.07) is 20.1. The van der Waals surface area contributed by atoms with Crippen molar-refractivity contribution in [2.45, 2.75) is 32.6 Å². The van der Waals surface area contributed by atoms with Crippen LogP contribution in [0.15, 0.2) is 54.6 Å². The SMILES string of the molecule is CCC(CC)c1ccc2cc3ccccc3cc2c1. The van der Waals surface area contributed by atoms with Gasteiger partial charge in [0.05, 0.1) is 0 Å². The topological polar surface area (TPSA) is 0 Å². The number of rotatable bonds is 3. The van der Waals surface area contributed by atoms with Crippen LogP contribution in [-0.4, -0.2) is 0 Å². The Morgan fingerprint density at radius 2 is 1.26 bits per heavy atom. The third-order valence-electron chi connectivity index (χ3n) is 4.19. The lowest BCUT2D eigenvalue weighted by Gasteiger charge is -2.14. The lowest BCUT2D eigenvalue weighted by atomic mass is 9.91. The van der Waals surface area contributed by atoms with Gasteiger partial charge in [0.1, 0.15) is 0 Å². The molecule has 3 aromatic carbocycles. The Balaban J connectivity index is 2.19. The number of benzene rings is 3. The van der Waals surface area contributed by atoms with Crippen molar-refractivity contribution in [1.82, 2.24) is 0 Å². The maximum Gasteiger partial charge on any atom is -0.0167 e. The molecule has 0 aliphatic heterocycles. The molecule has 0 spiro atoms. The van der Waals surface area contributed by atoms with Crippen LogP contribution in [0.25, 0.3) is 21.5 Å². The maximum absolute atomic E-state index is 2.37. The first kappa shape index (κ1) is 12.2. The maximum atomic E-state index is 2.37. The van der Waals surface area contributed by atoms with E-state index in [2.05, 4.69) is 68.4 Å². The van der Waals surface area contributed by atoms with E-state index in [-0.39, 0.29) is 0 Å². The molecule has 0 heterocycles. The van der Waals surface area contributed by atoms with Crippen LogP contribution in [-0.2, 0) is 0 Å². The van der Waals surface area contributed by atoms with Crippen LogP contribution in [0.1, 0.15) is 38.2 Å². The molecule has 0 aromatic heterocycles. The van der Waals surface area contributed by atoms with Crippen LogP contribution in [0.3, 0.4) is 0 Å². The van der Waals surface area contributed by atoms with E-state index in [0.29, 0.717) is 5.92 Å². The van der Waals surface area contributed by atoms with Crippen LogP contribution in [0.2, 0.25) is 0 Å². The van der Waals surface area contributed by atoms with Gasteiger partial charge in [0.2, 0.25) is 0 Å². The normalized spacial score (nSPS) is 11.5. The molecule has 96 valence electrons. The molecule has 0 amide bonds. The van der Waals surface area contributed by atoms with Crippen molar-refractivity contribution >= 4 is 21.5 Å². The van der Waals surface area contributed by atoms with E-state index >= 15 is 0 Å². The molecule has 0 nitrogen and oxygen atoms in total. The molecular formula is C19H20. The zero-order valence-corrected chi connectivity index (χ0v) is 11.7. The summed E-state index contributed by atoms with van der Waals surface area (Å²) in [6.07, 6.45) is 2.44. The van der Waals surface area contributed by atoms with Crippen LogP contribution in [0, 0.1) is 0 Å². The summed E-state index contributed by atoms with van der Waals surface area (Å²) in [5.74, 6) is 0.691. The summed E-state index contributed by atoms with van der Waals surface area (Å²) in [7, 11) is 0. The average molecular weight is 248 g/mol. The first-order valence-corrected chi connectivity index (χ1v) is 7.24. The van der Waals surface area contributed by atoms with Gasteiger partial charge in [-0.2, -0.15) is 0 Å². The Labute approximate surface area is 115 Å². The second-order valence-electron chi connectivity index (χ2n) is 5.32. The molecule has 19 heavy (non-hydrogen) atoms. The summed E-state index contributed by atoms with van der Waals surface area (Å²) in [5.41, 5.74) is 1.48. The molecular weight excluding hydrogens is 228 g/mol. The van der Waals surface area contributed by atoms with Gasteiger partial charge in [-0.3, -0.25) is 0 Å². The monoisotopic (exact) mass is 248 g/mol. The zero-order valence-electron chi connectivity index (χ0n) is 11.7. The van der Waals surface area contributed by atoms with Crippen molar-refractivity contribution in [3.63, 3.8) is 0 Å². The van der Waals surface area contributed by atoms with E-state index in [0.717, 1.165) is 0 Å². The smallest absolute Gasteiger partial charge is 0.0167 e. The van der Waals surface area contributed by atoms with E-state index in [1.807, 2.05) is 0 Å². The fourth-order valence-corrected chi connectivity index (χ4v) is 2.97. The Bertz CT molecular complexity index is 705. The highest BCUT2D eigenvalue weighted by molar-refractivity contribution is 5.98. The van der Waals surface area contributed by atoms with Crippen molar-refractivity contribution in [1.29, 1.82) is 0 Å². The molecule has 0 aliphatic rings. The van der Waals surface area contributed by atoms with Gasteiger partial charge in [0.15, 0.2) is 0 Å². The zero-order chi connectivity index (χ0) is 13.2. The molecule has 0 saturated carbocycles. The minimum atomic E-state index is 0.691. The molecule has 0 heteroatoms. The predicted molar refractivity (Wildman–Crippen MR) is 84.8 cm³/mol. The van der Waals surface area contributed by atoms with Gasteiger partial charge in [-0.25, -0.2) is 0 Å². The van der Waals surface area contributed by atoms with E-state index in [1.165, 1.54) is 39.9 Å². The van der Waals surface area contributed by atoms with Crippen LogP contribution in [0.4, 0.5) is 0 Å². The second-order valence-corrected chi connectivity index (χ2v) is 5.32. The molecule has 0 unspecified atom stereocenters. The molecule has 0 radical (unpaired) electrons. The molecule has 0 fully saturated rings. The molecule has 3 aromatic rings. The highest BCUT2D eigenvalue weighted by Crippen LogP contribution is 2.28. The first-order valence-electron chi connectivity index (χ1n) is 7.24. The molecule has 3 rings (SSSR count). The van der Waals surface area contributed by atoms with Crippen molar-refractivity contribution in [3.8, 4) is 0 Å². The van der Waals surface area contributed by atoms with Gasteiger partial charge < -0.3 is 0 Å².